The summed E-state index contributed by atoms with van der Waals surface area (Å²) in [5.74, 6) is 0.00324. The highest BCUT2D eigenvalue weighted by molar-refractivity contribution is 9.10. The van der Waals surface area contributed by atoms with Crippen molar-refractivity contribution in [2.45, 2.75) is 6.92 Å². The Morgan fingerprint density at radius 2 is 1.62 bits per heavy atom. The topological polar surface area (TPSA) is 43.1 Å². The smallest absolute Gasteiger partial charge is 0.193 e. The van der Waals surface area contributed by atoms with Gasteiger partial charge in [-0.05, 0) is 41.5 Å². The van der Waals surface area contributed by atoms with Gasteiger partial charge in [-0.1, -0.05) is 52.3 Å². The molecule has 3 aromatic carbocycles. The van der Waals surface area contributed by atoms with Crippen LogP contribution in [0.1, 0.15) is 21.5 Å². The van der Waals surface area contributed by atoms with Crippen LogP contribution in [0.3, 0.4) is 0 Å². The molecule has 0 atom stereocenters. The van der Waals surface area contributed by atoms with E-state index in [0.29, 0.717) is 16.8 Å². The third kappa shape index (κ3) is 2.34. The standard InChI is InChI=1S/C18H14BrNO/c1-11-12(7-4-8-17(11)20)18(21)15-9-10-16(19)14-6-3-2-5-13(14)15/h2-10H,20H2,1H3. The van der Waals surface area contributed by atoms with Crippen LogP contribution in [-0.2, 0) is 0 Å². The maximum Gasteiger partial charge on any atom is 0.193 e. The van der Waals surface area contributed by atoms with Crippen molar-refractivity contribution >= 4 is 38.2 Å². The van der Waals surface area contributed by atoms with Crippen molar-refractivity contribution in [3.8, 4) is 0 Å². The lowest BCUT2D eigenvalue weighted by atomic mass is 9.94. The lowest BCUT2D eigenvalue weighted by molar-refractivity contribution is 0.104. The first-order valence-corrected chi connectivity index (χ1v) is 7.46. The highest BCUT2D eigenvalue weighted by atomic mass is 79.9. The second kappa shape index (κ2) is 5.34. The van der Waals surface area contributed by atoms with E-state index in [4.69, 9.17) is 5.73 Å². The minimum absolute atomic E-state index is 0.00324. The number of halogens is 1. The average Bonchev–Trinajstić information content (AvgIpc) is 2.50. The summed E-state index contributed by atoms with van der Waals surface area (Å²) >= 11 is 3.53. The number of ketones is 1. The van der Waals surface area contributed by atoms with E-state index in [2.05, 4.69) is 15.9 Å². The minimum Gasteiger partial charge on any atom is -0.398 e. The minimum atomic E-state index is 0.00324. The van der Waals surface area contributed by atoms with Gasteiger partial charge >= 0.3 is 0 Å². The molecule has 0 radical (unpaired) electrons. The molecule has 2 nitrogen and oxygen atoms in total. The Balaban J connectivity index is 2.23. The van der Waals surface area contributed by atoms with E-state index in [-0.39, 0.29) is 5.78 Å². The van der Waals surface area contributed by atoms with Gasteiger partial charge in [0.25, 0.3) is 0 Å². The Bertz CT molecular complexity index is 855. The summed E-state index contributed by atoms with van der Waals surface area (Å²) in [4.78, 5) is 12.9. The Morgan fingerprint density at radius 1 is 0.905 bits per heavy atom. The predicted molar refractivity (Wildman–Crippen MR) is 90.7 cm³/mol. The van der Waals surface area contributed by atoms with Crippen LogP contribution in [0.4, 0.5) is 5.69 Å². The Hall–Kier alpha value is -2.13. The number of hydrogen-bond acceptors (Lipinski definition) is 2. The molecule has 0 unspecified atom stereocenters. The van der Waals surface area contributed by atoms with Gasteiger partial charge in [0.05, 0.1) is 0 Å². The highest BCUT2D eigenvalue weighted by Crippen LogP contribution is 2.29. The molecule has 0 fully saturated rings. The first kappa shape index (κ1) is 13.8. The third-order valence-corrected chi connectivity index (χ3v) is 4.43. The third-order valence-electron chi connectivity index (χ3n) is 3.74. The van der Waals surface area contributed by atoms with Gasteiger partial charge in [0.1, 0.15) is 0 Å². The summed E-state index contributed by atoms with van der Waals surface area (Å²) in [6, 6.07) is 17.1. The van der Waals surface area contributed by atoms with Crippen LogP contribution in [0.5, 0.6) is 0 Å². The highest BCUT2D eigenvalue weighted by Gasteiger charge is 2.16. The van der Waals surface area contributed by atoms with Crippen molar-refractivity contribution in [2.75, 3.05) is 5.73 Å². The van der Waals surface area contributed by atoms with Gasteiger partial charge < -0.3 is 5.73 Å². The summed E-state index contributed by atoms with van der Waals surface area (Å²) in [6.45, 7) is 1.88. The van der Waals surface area contributed by atoms with Crippen molar-refractivity contribution < 1.29 is 4.79 Å². The number of fused-ring (bicyclic) bond motifs is 1. The van der Waals surface area contributed by atoms with Gasteiger partial charge in [-0.2, -0.15) is 0 Å². The van der Waals surface area contributed by atoms with Crippen molar-refractivity contribution in [3.05, 3.63) is 75.8 Å². The van der Waals surface area contributed by atoms with Gasteiger partial charge in [-0.25, -0.2) is 0 Å². The Kier molecular flexibility index (Phi) is 3.52. The molecule has 0 saturated heterocycles. The van der Waals surface area contributed by atoms with Crippen LogP contribution in [0, 0.1) is 6.92 Å². The second-order valence-electron chi connectivity index (χ2n) is 4.99. The molecule has 0 aliphatic rings. The second-order valence-corrected chi connectivity index (χ2v) is 5.84. The fourth-order valence-corrected chi connectivity index (χ4v) is 2.98. The van der Waals surface area contributed by atoms with Crippen LogP contribution in [-0.4, -0.2) is 5.78 Å². The molecule has 0 aliphatic heterocycles. The quantitative estimate of drug-likeness (QED) is 0.542. The monoisotopic (exact) mass is 339 g/mol. The average molecular weight is 340 g/mol. The van der Waals surface area contributed by atoms with E-state index in [1.54, 1.807) is 0 Å². The van der Waals surface area contributed by atoms with Crippen molar-refractivity contribution in [2.24, 2.45) is 0 Å². The van der Waals surface area contributed by atoms with E-state index in [0.717, 1.165) is 20.8 Å². The molecule has 0 saturated carbocycles. The number of carbonyl (C=O) groups is 1. The van der Waals surface area contributed by atoms with Crippen LogP contribution >= 0.6 is 15.9 Å². The molecular weight excluding hydrogens is 326 g/mol. The first-order valence-electron chi connectivity index (χ1n) is 6.66. The normalized spacial score (nSPS) is 10.8. The molecule has 21 heavy (non-hydrogen) atoms. The fraction of sp³-hybridized carbons (Fsp3) is 0.0556. The molecule has 0 amide bonds. The largest absolute Gasteiger partial charge is 0.398 e. The molecule has 0 spiro atoms. The van der Waals surface area contributed by atoms with Crippen molar-refractivity contribution in [1.82, 2.24) is 0 Å². The molecule has 104 valence electrons. The zero-order valence-electron chi connectivity index (χ0n) is 11.6. The summed E-state index contributed by atoms with van der Waals surface area (Å²) in [7, 11) is 0. The van der Waals surface area contributed by atoms with E-state index < -0.39 is 0 Å². The maximum absolute atomic E-state index is 12.9. The summed E-state index contributed by atoms with van der Waals surface area (Å²) in [6.07, 6.45) is 0. The molecule has 0 bridgehead atoms. The van der Waals surface area contributed by atoms with E-state index in [9.17, 15) is 4.79 Å². The molecule has 3 rings (SSSR count). The van der Waals surface area contributed by atoms with Crippen LogP contribution in [0.25, 0.3) is 10.8 Å². The van der Waals surface area contributed by atoms with Gasteiger partial charge in [-0.3, -0.25) is 4.79 Å². The summed E-state index contributed by atoms with van der Waals surface area (Å²) < 4.78 is 0.985. The molecular formula is C18H14BrNO. The SMILES string of the molecule is Cc1c(N)cccc1C(=O)c1ccc(Br)c2ccccc12. The number of anilines is 1. The predicted octanol–water partition coefficient (Wildman–Crippen LogP) is 4.72. The molecule has 0 heterocycles. The zero-order valence-corrected chi connectivity index (χ0v) is 13.1. The molecule has 3 aromatic rings. The van der Waals surface area contributed by atoms with Crippen LogP contribution in [0.2, 0.25) is 0 Å². The van der Waals surface area contributed by atoms with Gasteiger partial charge in [0, 0.05) is 21.3 Å². The molecule has 2 N–H and O–H groups in total. The lowest BCUT2D eigenvalue weighted by Crippen LogP contribution is -2.06. The van der Waals surface area contributed by atoms with Crippen molar-refractivity contribution in [3.63, 3.8) is 0 Å². The number of hydrogen-bond donors (Lipinski definition) is 1. The Morgan fingerprint density at radius 3 is 2.38 bits per heavy atom. The van der Waals surface area contributed by atoms with Crippen LogP contribution < -0.4 is 5.73 Å². The number of benzene rings is 3. The number of nitrogen functional groups attached to an aromatic ring is 1. The van der Waals surface area contributed by atoms with Gasteiger partial charge in [-0.15, -0.1) is 0 Å². The zero-order chi connectivity index (χ0) is 15.0. The summed E-state index contributed by atoms with van der Waals surface area (Å²) in [5, 5.41) is 1.98. The van der Waals surface area contributed by atoms with Gasteiger partial charge in [0.2, 0.25) is 0 Å². The fourth-order valence-electron chi connectivity index (χ4n) is 2.50. The number of carbonyl (C=O) groups excluding carboxylic acids is 1. The molecule has 3 heteroatoms. The van der Waals surface area contributed by atoms with E-state index >= 15 is 0 Å². The molecule has 0 aliphatic carbocycles. The first-order chi connectivity index (χ1) is 10.1. The van der Waals surface area contributed by atoms with Crippen molar-refractivity contribution in [1.29, 1.82) is 0 Å². The van der Waals surface area contributed by atoms with Gasteiger partial charge in [0.15, 0.2) is 5.78 Å². The van der Waals surface area contributed by atoms with Crippen LogP contribution in [0.15, 0.2) is 59.1 Å². The van der Waals surface area contributed by atoms with E-state index in [1.165, 1.54) is 0 Å². The lowest BCUT2D eigenvalue weighted by Gasteiger charge is -2.10. The Labute approximate surface area is 131 Å². The number of nitrogens with two attached hydrogens (primary N) is 1. The van der Waals surface area contributed by atoms with E-state index in [1.807, 2.05) is 61.5 Å². The molecule has 0 aromatic heterocycles. The maximum atomic E-state index is 12.9. The number of rotatable bonds is 2. The summed E-state index contributed by atoms with van der Waals surface area (Å²) in [5.41, 5.74) is 8.73.